The molecule has 0 radical (unpaired) electrons. The van der Waals surface area contributed by atoms with Gasteiger partial charge in [0.05, 0.1) is 5.75 Å². The largest absolute Gasteiger partial charge is 0.330 e. The number of alkyl halides is 2. The van der Waals surface area contributed by atoms with E-state index < -0.39 is 6.55 Å². The lowest BCUT2D eigenvalue weighted by Gasteiger charge is -2.04. The Kier molecular flexibility index (Phi) is 4.17. The van der Waals surface area contributed by atoms with Gasteiger partial charge in [0.1, 0.15) is 5.82 Å². The van der Waals surface area contributed by atoms with Gasteiger partial charge in [0.25, 0.3) is 0 Å². The first-order chi connectivity index (χ1) is 6.25. The highest BCUT2D eigenvalue weighted by Crippen LogP contribution is 2.16. The Morgan fingerprint density at radius 3 is 3.00 bits per heavy atom. The summed E-state index contributed by atoms with van der Waals surface area (Å²) in [7, 11) is 0. The molecule has 0 aromatic carbocycles. The van der Waals surface area contributed by atoms with E-state index in [-0.39, 0.29) is 0 Å². The van der Waals surface area contributed by atoms with Gasteiger partial charge in [-0.05, 0) is 0 Å². The maximum Gasteiger partial charge on any atom is 0.319 e. The van der Waals surface area contributed by atoms with Crippen LogP contribution in [0.3, 0.4) is 0 Å². The molecular weight excluding hydrogens is 196 g/mol. The molecule has 0 aliphatic carbocycles. The molecule has 0 fully saturated rings. The smallest absolute Gasteiger partial charge is 0.319 e. The molecule has 1 aromatic rings. The van der Waals surface area contributed by atoms with E-state index in [0.29, 0.717) is 18.1 Å². The van der Waals surface area contributed by atoms with E-state index in [2.05, 4.69) is 4.98 Å². The molecular formula is C7H11F2N3S. The van der Waals surface area contributed by atoms with Crippen LogP contribution in [0.15, 0.2) is 12.4 Å². The average Bonchev–Trinajstić information content (AvgIpc) is 2.53. The number of nitrogens with zero attached hydrogens (tertiary/aromatic N) is 2. The molecule has 0 aliphatic heterocycles. The first kappa shape index (κ1) is 10.5. The lowest BCUT2D eigenvalue weighted by molar-refractivity contribution is 0.0678. The summed E-state index contributed by atoms with van der Waals surface area (Å²) in [6, 6.07) is 0. The van der Waals surface area contributed by atoms with Crippen LogP contribution in [0.4, 0.5) is 8.78 Å². The van der Waals surface area contributed by atoms with Crippen molar-refractivity contribution in [2.45, 2.75) is 12.3 Å². The number of imidazole rings is 1. The van der Waals surface area contributed by atoms with Gasteiger partial charge >= 0.3 is 6.55 Å². The molecule has 0 saturated carbocycles. The Morgan fingerprint density at radius 1 is 1.62 bits per heavy atom. The van der Waals surface area contributed by atoms with Gasteiger partial charge < -0.3 is 5.73 Å². The van der Waals surface area contributed by atoms with Crippen molar-refractivity contribution in [1.29, 1.82) is 0 Å². The van der Waals surface area contributed by atoms with Gasteiger partial charge in [0.15, 0.2) is 0 Å². The normalized spacial score (nSPS) is 11.1. The minimum Gasteiger partial charge on any atom is -0.330 e. The lowest BCUT2D eigenvalue weighted by atomic mass is 10.7. The Balaban J connectivity index is 2.50. The van der Waals surface area contributed by atoms with Crippen LogP contribution in [0.2, 0.25) is 0 Å². The van der Waals surface area contributed by atoms with Gasteiger partial charge in [-0.15, -0.1) is 0 Å². The molecule has 0 saturated heterocycles. The molecule has 0 atom stereocenters. The minimum atomic E-state index is -2.50. The van der Waals surface area contributed by atoms with Crippen molar-refractivity contribution in [3.63, 3.8) is 0 Å². The predicted octanol–water partition coefficient (Wildman–Crippen LogP) is 1.47. The third-order valence-corrected chi connectivity index (χ3v) is 2.44. The van der Waals surface area contributed by atoms with Gasteiger partial charge in [-0.25, -0.2) is 4.98 Å². The molecule has 0 unspecified atom stereocenters. The molecule has 74 valence electrons. The molecule has 0 spiro atoms. The third-order valence-electron chi connectivity index (χ3n) is 1.45. The molecule has 2 N–H and O–H groups in total. The Bertz CT molecular complexity index is 252. The van der Waals surface area contributed by atoms with E-state index >= 15 is 0 Å². The molecule has 0 amide bonds. The van der Waals surface area contributed by atoms with Crippen molar-refractivity contribution in [1.82, 2.24) is 9.55 Å². The van der Waals surface area contributed by atoms with E-state index in [4.69, 9.17) is 5.73 Å². The topological polar surface area (TPSA) is 43.8 Å². The summed E-state index contributed by atoms with van der Waals surface area (Å²) in [5, 5.41) is 0. The first-order valence-corrected chi connectivity index (χ1v) is 4.99. The fraction of sp³-hybridized carbons (Fsp3) is 0.571. The SMILES string of the molecule is NCCSCc1nccn1C(F)F. The fourth-order valence-electron chi connectivity index (χ4n) is 0.880. The number of aromatic nitrogens is 2. The zero-order chi connectivity index (χ0) is 9.68. The van der Waals surface area contributed by atoms with Crippen LogP contribution < -0.4 is 5.73 Å². The summed E-state index contributed by atoms with van der Waals surface area (Å²) in [5.41, 5.74) is 5.27. The summed E-state index contributed by atoms with van der Waals surface area (Å²) in [6.07, 6.45) is 2.66. The Hall–Kier alpha value is -0.620. The second-order valence-corrected chi connectivity index (χ2v) is 3.47. The number of halogens is 2. The number of nitrogens with two attached hydrogens (primary N) is 1. The molecule has 3 nitrogen and oxygen atoms in total. The Morgan fingerprint density at radius 2 is 2.38 bits per heavy atom. The first-order valence-electron chi connectivity index (χ1n) is 3.83. The van der Waals surface area contributed by atoms with Crippen LogP contribution in [-0.2, 0) is 5.75 Å². The summed E-state index contributed by atoms with van der Waals surface area (Å²) >= 11 is 1.50. The zero-order valence-corrected chi connectivity index (χ0v) is 7.81. The summed E-state index contributed by atoms with van der Waals surface area (Å²) in [4.78, 5) is 3.83. The summed E-state index contributed by atoms with van der Waals surface area (Å²) in [5.74, 6) is 1.64. The molecule has 6 heteroatoms. The van der Waals surface area contributed by atoms with E-state index in [1.807, 2.05) is 0 Å². The number of hydrogen-bond donors (Lipinski definition) is 1. The summed E-state index contributed by atoms with van der Waals surface area (Å²) < 4.78 is 25.4. The van der Waals surface area contributed by atoms with Crippen LogP contribution in [0.1, 0.15) is 12.4 Å². The van der Waals surface area contributed by atoms with Crippen molar-refractivity contribution in [2.75, 3.05) is 12.3 Å². The molecule has 0 aliphatic rings. The van der Waals surface area contributed by atoms with Gasteiger partial charge in [0.2, 0.25) is 0 Å². The zero-order valence-electron chi connectivity index (χ0n) is 6.99. The molecule has 0 bridgehead atoms. The van der Waals surface area contributed by atoms with Crippen LogP contribution >= 0.6 is 11.8 Å². The molecule has 13 heavy (non-hydrogen) atoms. The van der Waals surface area contributed by atoms with Gasteiger partial charge in [-0.3, -0.25) is 4.57 Å². The van der Waals surface area contributed by atoms with Gasteiger partial charge in [-0.1, -0.05) is 0 Å². The molecule has 1 aromatic heterocycles. The van der Waals surface area contributed by atoms with Crippen LogP contribution in [0.25, 0.3) is 0 Å². The van der Waals surface area contributed by atoms with Crippen molar-refractivity contribution < 1.29 is 8.78 Å². The standard InChI is InChI=1S/C7H11F2N3S/c8-7(9)12-3-2-11-6(12)5-13-4-1-10/h2-3,7H,1,4-5,10H2. The second kappa shape index (κ2) is 5.18. The number of thioether (sulfide) groups is 1. The number of hydrogen-bond acceptors (Lipinski definition) is 3. The van der Waals surface area contributed by atoms with E-state index in [1.165, 1.54) is 24.2 Å². The molecule has 1 heterocycles. The highest BCUT2D eigenvalue weighted by molar-refractivity contribution is 7.98. The lowest BCUT2D eigenvalue weighted by Crippen LogP contribution is -2.05. The maximum absolute atomic E-state index is 12.3. The monoisotopic (exact) mass is 207 g/mol. The van der Waals surface area contributed by atoms with Crippen molar-refractivity contribution in [3.05, 3.63) is 18.2 Å². The van der Waals surface area contributed by atoms with Crippen molar-refractivity contribution >= 4 is 11.8 Å². The van der Waals surface area contributed by atoms with Crippen LogP contribution in [0, 0.1) is 0 Å². The average molecular weight is 207 g/mol. The van der Waals surface area contributed by atoms with E-state index in [9.17, 15) is 8.78 Å². The summed E-state index contributed by atoms with van der Waals surface area (Å²) in [6.45, 7) is -1.95. The Labute approximate surface area is 79.3 Å². The minimum absolute atomic E-state index is 0.397. The quantitative estimate of drug-likeness (QED) is 0.743. The van der Waals surface area contributed by atoms with Crippen LogP contribution in [-0.4, -0.2) is 21.8 Å². The highest BCUT2D eigenvalue weighted by atomic mass is 32.2. The number of rotatable bonds is 5. The maximum atomic E-state index is 12.3. The fourth-order valence-corrected chi connectivity index (χ4v) is 1.60. The molecule has 1 rings (SSSR count). The highest BCUT2D eigenvalue weighted by Gasteiger charge is 2.10. The third kappa shape index (κ3) is 2.96. The van der Waals surface area contributed by atoms with Crippen molar-refractivity contribution in [2.24, 2.45) is 5.73 Å². The van der Waals surface area contributed by atoms with Crippen molar-refractivity contribution in [3.8, 4) is 0 Å². The van der Waals surface area contributed by atoms with Gasteiger partial charge in [0, 0.05) is 24.7 Å². The second-order valence-electron chi connectivity index (χ2n) is 2.37. The van der Waals surface area contributed by atoms with Crippen LogP contribution in [0.5, 0.6) is 0 Å². The van der Waals surface area contributed by atoms with Gasteiger partial charge in [-0.2, -0.15) is 20.5 Å². The predicted molar refractivity (Wildman–Crippen MR) is 48.7 cm³/mol. The van der Waals surface area contributed by atoms with E-state index in [0.717, 1.165) is 10.3 Å². The van der Waals surface area contributed by atoms with E-state index in [1.54, 1.807) is 0 Å².